The Labute approximate surface area is 112 Å². The molecule has 3 nitrogen and oxygen atoms in total. The van der Waals surface area contributed by atoms with Crippen LogP contribution < -0.4 is 5.32 Å². The van der Waals surface area contributed by atoms with Crippen molar-refractivity contribution < 1.29 is 4.39 Å². The van der Waals surface area contributed by atoms with E-state index in [2.05, 4.69) is 29.1 Å². The topological polar surface area (TPSA) is 37.8 Å². The normalized spacial score (nSPS) is 10.8. The van der Waals surface area contributed by atoms with Gasteiger partial charge < -0.3 is 5.32 Å². The number of nitrogens with one attached hydrogen (secondary N) is 1. The van der Waals surface area contributed by atoms with Gasteiger partial charge in [0.15, 0.2) is 0 Å². The molecule has 0 atom stereocenters. The van der Waals surface area contributed by atoms with Crippen LogP contribution in [0.3, 0.4) is 0 Å². The fourth-order valence-corrected chi connectivity index (χ4v) is 2.12. The van der Waals surface area contributed by atoms with Crippen LogP contribution in [0.5, 0.6) is 0 Å². The number of halogens is 1. The Kier molecular flexibility index (Phi) is 4.10. The molecule has 0 fully saturated rings. The van der Waals surface area contributed by atoms with Crippen molar-refractivity contribution in [2.45, 2.75) is 26.7 Å². The van der Waals surface area contributed by atoms with Crippen molar-refractivity contribution in [3.63, 3.8) is 0 Å². The highest BCUT2D eigenvalue weighted by Crippen LogP contribution is 2.32. The van der Waals surface area contributed by atoms with E-state index >= 15 is 0 Å². The van der Waals surface area contributed by atoms with Gasteiger partial charge in [0.1, 0.15) is 18.0 Å². The Balaban J connectivity index is 2.63. The van der Waals surface area contributed by atoms with Crippen LogP contribution in [0.25, 0.3) is 11.3 Å². The zero-order valence-electron chi connectivity index (χ0n) is 11.4. The van der Waals surface area contributed by atoms with Gasteiger partial charge in [0.2, 0.25) is 0 Å². The summed E-state index contributed by atoms with van der Waals surface area (Å²) in [4.78, 5) is 8.54. The van der Waals surface area contributed by atoms with Gasteiger partial charge in [-0.3, -0.25) is 0 Å². The lowest BCUT2D eigenvalue weighted by Gasteiger charge is -2.16. The molecule has 0 bridgehead atoms. The molecule has 2 rings (SSSR count). The first-order valence-electron chi connectivity index (χ1n) is 6.48. The maximum Gasteiger partial charge on any atom is 0.133 e. The molecule has 0 amide bonds. The van der Waals surface area contributed by atoms with Gasteiger partial charge in [-0.2, -0.15) is 0 Å². The first-order chi connectivity index (χ1) is 9.15. The quantitative estimate of drug-likeness (QED) is 0.906. The summed E-state index contributed by atoms with van der Waals surface area (Å²) in [6.45, 7) is 6.90. The lowest BCUT2D eigenvalue weighted by molar-refractivity contribution is 0.630. The van der Waals surface area contributed by atoms with Crippen molar-refractivity contribution in [1.82, 2.24) is 9.97 Å². The van der Waals surface area contributed by atoms with E-state index in [9.17, 15) is 4.39 Å². The highest BCUT2D eigenvalue weighted by Gasteiger charge is 2.17. The zero-order chi connectivity index (χ0) is 13.8. The second-order valence-electron chi connectivity index (χ2n) is 4.65. The standard InChI is InChI=1S/C15H18FN3/c1-4-17-15-13(10(2)3)14(18-9-19-15)11-7-5-6-8-12(11)16/h5-10H,4H2,1-3H3,(H,17,18,19). The van der Waals surface area contributed by atoms with Gasteiger partial charge in [0.25, 0.3) is 0 Å². The van der Waals surface area contributed by atoms with Crippen LogP contribution in [-0.4, -0.2) is 16.5 Å². The van der Waals surface area contributed by atoms with Crippen molar-refractivity contribution >= 4 is 5.82 Å². The minimum atomic E-state index is -0.259. The Morgan fingerprint density at radius 3 is 2.58 bits per heavy atom. The van der Waals surface area contributed by atoms with E-state index in [-0.39, 0.29) is 11.7 Å². The number of rotatable bonds is 4. The van der Waals surface area contributed by atoms with Gasteiger partial charge in [-0.05, 0) is 25.0 Å². The Bertz CT molecular complexity index is 567. The first-order valence-corrected chi connectivity index (χ1v) is 6.48. The highest BCUT2D eigenvalue weighted by atomic mass is 19.1. The summed E-state index contributed by atoms with van der Waals surface area (Å²) >= 11 is 0. The largest absolute Gasteiger partial charge is 0.370 e. The van der Waals surface area contributed by atoms with Gasteiger partial charge >= 0.3 is 0 Å². The molecular formula is C15H18FN3. The summed E-state index contributed by atoms with van der Waals surface area (Å²) in [7, 11) is 0. The summed E-state index contributed by atoms with van der Waals surface area (Å²) in [5.41, 5.74) is 2.14. The average Bonchev–Trinajstić information content (AvgIpc) is 2.39. The number of nitrogens with zero attached hydrogens (tertiary/aromatic N) is 2. The fourth-order valence-electron chi connectivity index (χ4n) is 2.12. The number of hydrogen-bond acceptors (Lipinski definition) is 3. The van der Waals surface area contributed by atoms with Crippen LogP contribution in [0, 0.1) is 5.82 Å². The molecule has 0 saturated carbocycles. The minimum Gasteiger partial charge on any atom is -0.370 e. The summed E-state index contributed by atoms with van der Waals surface area (Å²) in [5.74, 6) is 0.737. The van der Waals surface area contributed by atoms with Gasteiger partial charge in [-0.15, -0.1) is 0 Å². The Hall–Kier alpha value is -1.97. The van der Waals surface area contributed by atoms with Crippen LogP contribution in [0.1, 0.15) is 32.3 Å². The molecule has 0 aliphatic carbocycles. The molecule has 1 aromatic carbocycles. The molecule has 1 heterocycles. The molecular weight excluding hydrogens is 241 g/mol. The van der Waals surface area contributed by atoms with E-state index in [1.54, 1.807) is 12.1 Å². The van der Waals surface area contributed by atoms with Gasteiger partial charge in [0.05, 0.1) is 5.69 Å². The van der Waals surface area contributed by atoms with E-state index < -0.39 is 0 Å². The maximum absolute atomic E-state index is 14.0. The van der Waals surface area contributed by atoms with E-state index in [0.717, 1.165) is 17.9 Å². The van der Waals surface area contributed by atoms with E-state index in [0.29, 0.717) is 11.3 Å². The van der Waals surface area contributed by atoms with Crippen LogP contribution in [0.15, 0.2) is 30.6 Å². The van der Waals surface area contributed by atoms with Crippen LogP contribution in [0.4, 0.5) is 10.2 Å². The average molecular weight is 259 g/mol. The number of benzene rings is 1. The molecule has 2 aromatic rings. The third kappa shape index (κ3) is 2.72. The number of aromatic nitrogens is 2. The monoisotopic (exact) mass is 259 g/mol. The van der Waals surface area contributed by atoms with Crippen molar-refractivity contribution in [2.24, 2.45) is 0 Å². The molecule has 0 aliphatic rings. The lowest BCUT2D eigenvalue weighted by atomic mass is 9.97. The maximum atomic E-state index is 14.0. The van der Waals surface area contributed by atoms with Crippen LogP contribution in [-0.2, 0) is 0 Å². The smallest absolute Gasteiger partial charge is 0.133 e. The van der Waals surface area contributed by atoms with Gasteiger partial charge in [0, 0.05) is 17.7 Å². The third-order valence-electron chi connectivity index (χ3n) is 2.93. The van der Waals surface area contributed by atoms with Crippen molar-refractivity contribution in [2.75, 3.05) is 11.9 Å². The van der Waals surface area contributed by atoms with Crippen molar-refractivity contribution in [3.05, 3.63) is 42.0 Å². The Morgan fingerprint density at radius 1 is 1.21 bits per heavy atom. The second-order valence-corrected chi connectivity index (χ2v) is 4.65. The lowest BCUT2D eigenvalue weighted by Crippen LogP contribution is -2.08. The molecule has 0 saturated heterocycles. The molecule has 100 valence electrons. The SMILES string of the molecule is CCNc1ncnc(-c2ccccc2F)c1C(C)C. The second kappa shape index (κ2) is 5.78. The first kappa shape index (κ1) is 13.5. The van der Waals surface area contributed by atoms with E-state index in [1.807, 2.05) is 13.0 Å². The van der Waals surface area contributed by atoms with Crippen molar-refractivity contribution in [3.8, 4) is 11.3 Å². The molecule has 1 aromatic heterocycles. The van der Waals surface area contributed by atoms with Crippen LogP contribution >= 0.6 is 0 Å². The summed E-state index contributed by atoms with van der Waals surface area (Å²) in [6, 6.07) is 6.70. The molecule has 19 heavy (non-hydrogen) atoms. The van der Waals surface area contributed by atoms with Gasteiger partial charge in [-0.25, -0.2) is 14.4 Å². The molecule has 0 spiro atoms. The molecule has 4 heteroatoms. The third-order valence-corrected chi connectivity index (χ3v) is 2.93. The summed E-state index contributed by atoms with van der Waals surface area (Å²) in [6.07, 6.45) is 1.48. The molecule has 0 aliphatic heterocycles. The summed E-state index contributed by atoms with van der Waals surface area (Å²) in [5, 5.41) is 3.21. The molecule has 0 radical (unpaired) electrons. The summed E-state index contributed by atoms with van der Waals surface area (Å²) < 4.78 is 14.0. The Morgan fingerprint density at radius 2 is 1.95 bits per heavy atom. The minimum absolute atomic E-state index is 0.213. The van der Waals surface area contributed by atoms with Crippen LogP contribution in [0.2, 0.25) is 0 Å². The molecule has 0 unspecified atom stereocenters. The predicted octanol–water partition coefficient (Wildman–Crippen LogP) is 3.84. The highest BCUT2D eigenvalue weighted by molar-refractivity contribution is 5.69. The number of anilines is 1. The fraction of sp³-hybridized carbons (Fsp3) is 0.333. The predicted molar refractivity (Wildman–Crippen MR) is 75.7 cm³/mol. The van der Waals surface area contributed by atoms with E-state index in [4.69, 9.17) is 0 Å². The number of hydrogen-bond donors (Lipinski definition) is 1. The van der Waals surface area contributed by atoms with Gasteiger partial charge in [-0.1, -0.05) is 26.0 Å². The molecule has 1 N–H and O–H groups in total. The van der Waals surface area contributed by atoms with Crippen molar-refractivity contribution in [1.29, 1.82) is 0 Å². The van der Waals surface area contributed by atoms with E-state index in [1.165, 1.54) is 12.4 Å². The zero-order valence-corrected chi connectivity index (χ0v) is 11.4.